The average Bonchev–Trinajstić information content (AvgIpc) is 2.80. The van der Waals surface area contributed by atoms with E-state index in [2.05, 4.69) is 10.6 Å². The highest BCUT2D eigenvalue weighted by Crippen LogP contribution is 2.24. The van der Waals surface area contributed by atoms with Gasteiger partial charge in [-0.1, -0.05) is 31.5 Å². The molecule has 0 radical (unpaired) electrons. The normalized spacial score (nSPS) is 15.7. The number of rotatable bonds is 7. The molecule has 172 valence electrons. The zero-order chi connectivity index (χ0) is 23.3. The quantitative estimate of drug-likeness (QED) is 0.657. The monoisotopic (exact) mass is 457 g/mol. The van der Waals surface area contributed by atoms with Gasteiger partial charge in [0.2, 0.25) is 15.9 Å². The Labute approximate surface area is 190 Å². The van der Waals surface area contributed by atoms with Gasteiger partial charge in [0.05, 0.1) is 10.9 Å². The fourth-order valence-corrected chi connectivity index (χ4v) is 5.27. The van der Waals surface area contributed by atoms with E-state index in [4.69, 9.17) is 0 Å². The number of amides is 2. The van der Waals surface area contributed by atoms with Crippen LogP contribution in [0.25, 0.3) is 0 Å². The molecule has 0 saturated carbocycles. The summed E-state index contributed by atoms with van der Waals surface area (Å²) in [5.41, 5.74) is 2.64. The molecule has 0 spiro atoms. The van der Waals surface area contributed by atoms with E-state index in [9.17, 15) is 18.0 Å². The van der Waals surface area contributed by atoms with E-state index >= 15 is 0 Å². The van der Waals surface area contributed by atoms with E-state index in [0.717, 1.165) is 24.8 Å². The SMILES string of the molecule is CCC(=O)Nc1ccc(C(C)NC(=O)c2cc(S(=O)(=O)N3CCCCC3)ccc2C)cc1. The maximum atomic E-state index is 13.0. The second-order valence-electron chi connectivity index (χ2n) is 8.16. The maximum absolute atomic E-state index is 13.0. The Balaban J connectivity index is 1.74. The van der Waals surface area contributed by atoms with Crippen molar-refractivity contribution in [2.75, 3.05) is 18.4 Å². The molecular weight excluding hydrogens is 426 g/mol. The van der Waals surface area contributed by atoms with Crippen LogP contribution in [0.4, 0.5) is 5.69 Å². The molecule has 1 aliphatic heterocycles. The Morgan fingerprint density at radius 3 is 2.31 bits per heavy atom. The number of nitrogens with one attached hydrogen (secondary N) is 2. The molecule has 0 aromatic heterocycles. The van der Waals surface area contributed by atoms with Gasteiger partial charge in [0.1, 0.15) is 0 Å². The van der Waals surface area contributed by atoms with Gasteiger partial charge in [-0.05, 0) is 62.1 Å². The molecule has 2 amide bonds. The molecule has 1 heterocycles. The van der Waals surface area contributed by atoms with Crippen molar-refractivity contribution in [3.8, 4) is 0 Å². The van der Waals surface area contributed by atoms with Gasteiger partial charge in [0.25, 0.3) is 5.91 Å². The topological polar surface area (TPSA) is 95.6 Å². The lowest BCUT2D eigenvalue weighted by Crippen LogP contribution is -2.35. The Morgan fingerprint density at radius 2 is 1.69 bits per heavy atom. The first-order valence-corrected chi connectivity index (χ1v) is 12.5. The Hall–Kier alpha value is -2.71. The molecular formula is C24H31N3O4S. The first-order valence-electron chi connectivity index (χ1n) is 11.0. The zero-order valence-corrected chi connectivity index (χ0v) is 19.7. The summed E-state index contributed by atoms with van der Waals surface area (Å²) in [6.07, 6.45) is 3.16. The summed E-state index contributed by atoms with van der Waals surface area (Å²) < 4.78 is 27.5. The molecule has 3 rings (SSSR count). The van der Waals surface area contributed by atoms with Crippen LogP contribution in [-0.4, -0.2) is 37.6 Å². The number of aryl methyl sites for hydroxylation is 1. The molecule has 2 aromatic rings. The fraction of sp³-hybridized carbons (Fsp3) is 0.417. The summed E-state index contributed by atoms with van der Waals surface area (Å²) in [5, 5.41) is 5.74. The Bertz CT molecular complexity index is 1070. The van der Waals surface area contributed by atoms with Crippen LogP contribution < -0.4 is 10.6 Å². The molecule has 2 N–H and O–H groups in total. The number of nitrogens with zero attached hydrogens (tertiary/aromatic N) is 1. The number of hydrogen-bond acceptors (Lipinski definition) is 4. The summed E-state index contributed by atoms with van der Waals surface area (Å²) in [7, 11) is -3.61. The predicted octanol–water partition coefficient (Wildman–Crippen LogP) is 4.01. The Kier molecular flexibility index (Phi) is 7.69. The second-order valence-corrected chi connectivity index (χ2v) is 10.1. The third-order valence-electron chi connectivity index (χ3n) is 5.77. The number of piperidine rings is 1. The summed E-state index contributed by atoms with van der Waals surface area (Å²) in [5.74, 6) is -0.386. The number of carbonyl (C=O) groups excluding carboxylic acids is 2. The van der Waals surface area contributed by atoms with E-state index in [-0.39, 0.29) is 22.8 Å². The highest BCUT2D eigenvalue weighted by Gasteiger charge is 2.27. The van der Waals surface area contributed by atoms with Crippen molar-refractivity contribution in [3.63, 3.8) is 0 Å². The number of sulfonamides is 1. The molecule has 1 aliphatic rings. The van der Waals surface area contributed by atoms with Crippen molar-refractivity contribution in [1.82, 2.24) is 9.62 Å². The van der Waals surface area contributed by atoms with E-state index < -0.39 is 10.0 Å². The van der Waals surface area contributed by atoms with Gasteiger partial charge in [0, 0.05) is 30.8 Å². The van der Waals surface area contributed by atoms with Crippen LogP contribution >= 0.6 is 0 Å². The number of hydrogen-bond donors (Lipinski definition) is 2. The van der Waals surface area contributed by atoms with E-state index in [1.54, 1.807) is 38.1 Å². The molecule has 2 aromatic carbocycles. The van der Waals surface area contributed by atoms with Crippen molar-refractivity contribution in [2.45, 2.75) is 57.4 Å². The molecule has 7 nitrogen and oxygen atoms in total. The third-order valence-corrected chi connectivity index (χ3v) is 7.66. The second kappa shape index (κ2) is 10.3. The number of carbonyl (C=O) groups is 2. The Morgan fingerprint density at radius 1 is 1.03 bits per heavy atom. The molecule has 32 heavy (non-hydrogen) atoms. The van der Waals surface area contributed by atoms with Crippen LogP contribution in [0.1, 0.15) is 67.1 Å². The molecule has 1 atom stereocenters. The third kappa shape index (κ3) is 5.55. The predicted molar refractivity (Wildman–Crippen MR) is 125 cm³/mol. The molecule has 0 bridgehead atoms. The van der Waals surface area contributed by atoms with Crippen LogP contribution in [0.3, 0.4) is 0 Å². The molecule has 1 unspecified atom stereocenters. The fourth-order valence-electron chi connectivity index (χ4n) is 3.72. The minimum atomic E-state index is -3.61. The summed E-state index contributed by atoms with van der Waals surface area (Å²) in [4.78, 5) is 24.7. The van der Waals surface area contributed by atoms with E-state index in [1.807, 2.05) is 19.1 Å². The van der Waals surface area contributed by atoms with Crippen molar-refractivity contribution in [1.29, 1.82) is 0 Å². The van der Waals surface area contributed by atoms with Gasteiger partial charge in [0.15, 0.2) is 0 Å². The maximum Gasteiger partial charge on any atom is 0.252 e. The number of benzene rings is 2. The van der Waals surface area contributed by atoms with Gasteiger partial charge in [-0.2, -0.15) is 4.31 Å². The summed E-state index contributed by atoms with van der Waals surface area (Å²) in [6, 6.07) is 11.7. The lowest BCUT2D eigenvalue weighted by Gasteiger charge is -2.26. The first-order chi connectivity index (χ1) is 15.2. The molecule has 0 aliphatic carbocycles. The van der Waals surface area contributed by atoms with Gasteiger partial charge in [-0.15, -0.1) is 0 Å². The summed E-state index contributed by atoms with van der Waals surface area (Å²) in [6.45, 7) is 6.48. The minimum absolute atomic E-state index is 0.0611. The average molecular weight is 458 g/mol. The van der Waals surface area contributed by atoms with Gasteiger partial charge >= 0.3 is 0 Å². The van der Waals surface area contributed by atoms with Crippen molar-refractivity contribution < 1.29 is 18.0 Å². The van der Waals surface area contributed by atoms with Crippen LogP contribution in [0, 0.1) is 6.92 Å². The van der Waals surface area contributed by atoms with Crippen LogP contribution in [0.5, 0.6) is 0 Å². The minimum Gasteiger partial charge on any atom is -0.346 e. The largest absolute Gasteiger partial charge is 0.346 e. The standard InChI is InChI=1S/C24H31N3O4S/c1-4-23(28)26-20-11-9-19(10-12-20)18(3)25-24(29)22-16-21(13-8-17(22)2)32(30,31)27-14-6-5-7-15-27/h8-13,16,18H,4-7,14-15H2,1-3H3,(H,25,29)(H,26,28). The van der Waals surface area contributed by atoms with Crippen molar-refractivity contribution in [2.24, 2.45) is 0 Å². The lowest BCUT2D eigenvalue weighted by molar-refractivity contribution is -0.115. The highest BCUT2D eigenvalue weighted by molar-refractivity contribution is 7.89. The van der Waals surface area contributed by atoms with Crippen LogP contribution in [0.15, 0.2) is 47.4 Å². The first kappa shape index (κ1) is 23.9. The smallest absolute Gasteiger partial charge is 0.252 e. The molecule has 1 saturated heterocycles. The van der Waals surface area contributed by atoms with E-state index in [1.165, 1.54) is 10.4 Å². The molecule has 8 heteroatoms. The van der Waals surface area contributed by atoms with Gasteiger partial charge in [-0.25, -0.2) is 8.42 Å². The van der Waals surface area contributed by atoms with Crippen LogP contribution in [-0.2, 0) is 14.8 Å². The van der Waals surface area contributed by atoms with Gasteiger partial charge in [-0.3, -0.25) is 9.59 Å². The van der Waals surface area contributed by atoms with Crippen LogP contribution in [0.2, 0.25) is 0 Å². The molecule has 1 fully saturated rings. The van der Waals surface area contributed by atoms with Gasteiger partial charge < -0.3 is 10.6 Å². The van der Waals surface area contributed by atoms with E-state index in [0.29, 0.717) is 36.3 Å². The highest BCUT2D eigenvalue weighted by atomic mass is 32.2. The van der Waals surface area contributed by atoms with Crippen molar-refractivity contribution >= 4 is 27.5 Å². The lowest BCUT2D eigenvalue weighted by atomic mass is 10.1. The van der Waals surface area contributed by atoms with Crippen molar-refractivity contribution in [3.05, 3.63) is 59.2 Å². The number of anilines is 1. The zero-order valence-electron chi connectivity index (χ0n) is 18.8. The summed E-state index contributed by atoms with van der Waals surface area (Å²) >= 11 is 0.